The summed E-state index contributed by atoms with van der Waals surface area (Å²) < 4.78 is 2.05. The predicted molar refractivity (Wildman–Crippen MR) is 81.0 cm³/mol. The van der Waals surface area contributed by atoms with Crippen LogP contribution in [0.25, 0.3) is 11.3 Å². The summed E-state index contributed by atoms with van der Waals surface area (Å²) in [5.74, 6) is 1.77. The van der Waals surface area contributed by atoms with Crippen LogP contribution in [0.1, 0.15) is 24.7 Å². The molecule has 0 aliphatic carbocycles. The SMILES string of the molecule is C=CCn1c(CCC)nc(-c2ccc(C)cc2)c1N. The maximum Gasteiger partial charge on any atom is 0.132 e. The Morgan fingerprint density at radius 1 is 1.32 bits per heavy atom. The molecule has 0 bridgehead atoms. The van der Waals surface area contributed by atoms with Gasteiger partial charge in [0.15, 0.2) is 0 Å². The molecular formula is C16H21N3. The van der Waals surface area contributed by atoms with Crippen molar-refractivity contribution < 1.29 is 0 Å². The van der Waals surface area contributed by atoms with Crippen molar-refractivity contribution in [3.8, 4) is 11.3 Å². The highest BCUT2D eigenvalue weighted by Gasteiger charge is 2.14. The van der Waals surface area contributed by atoms with E-state index in [0.29, 0.717) is 6.54 Å². The zero-order chi connectivity index (χ0) is 13.8. The van der Waals surface area contributed by atoms with Gasteiger partial charge in [0.25, 0.3) is 0 Å². The van der Waals surface area contributed by atoms with Gasteiger partial charge < -0.3 is 10.3 Å². The second-order valence-electron chi connectivity index (χ2n) is 4.78. The van der Waals surface area contributed by atoms with Crippen molar-refractivity contribution in [2.45, 2.75) is 33.2 Å². The fourth-order valence-corrected chi connectivity index (χ4v) is 2.18. The number of allylic oxidation sites excluding steroid dienone is 1. The molecule has 2 aromatic rings. The first kappa shape index (κ1) is 13.4. The molecule has 19 heavy (non-hydrogen) atoms. The molecule has 0 aliphatic heterocycles. The van der Waals surface area contributed by atoms with E-state index in [2.05, 4.69) is 44.7 Å². The zero-order valence-electron chi connectivity index (χ0n) is 11.7. The molecule has 0 aliphatic rings. The third-order valence-electron chi connectivity index (χ3n) is 3.20. The Labute approximate surface area is 114 Å². The van der Waals surface area contributed by atoms with E-state index in [1.807, 2.05) is 10.6 Å². The lowest BCUT2D eigenvalue weighted by Gasteiger charge is -2.06. The van der Waals surface area contributed by atoms with Crippen LogP contribution in [0.15, 0.2) is 36.9 Å². The maximum absolute atomic E-state index is 6.24. The number of aryl methyl sites for hydroxylation is 2. The van der Waals surface area contributed by atoms with Crippen LogP contribution >= 0.6 is 0 Å². The van der Waals surface area contributed by atoms with Gasteiger partial charge in [-0.25, -0.2) is 4.98 Å². The molecule has 0 unspecified atom stereocenters. The molecule has 100 valence electrons. The minimum Gasteiger partial charge on any atom is -0.383 e. The van der Waals surface area contributed by atoms with Crippen LogP contribution in [0.2, 0.25) is 0 Å². The highest BCUT2D eigenvalue weighted by Crippen LogP contribution is 2.27. The molecule has 0 saturated heterocycles. The van der Waals surface area contributed by atoms with Crippen molar-refractivity contribution in [3.63, 3.8) is 0 Å². The van der Waals surface area contributed by atoms with Gasteiger partial charge in [-0.3, -0.25) is 0 Å². The molecular weight excluding hydrogens is 234 g/mol. The smallest absolute Gasteiger partial charge is 0.132 e. The molecule has 0 saturated carbocycles. The topological polar surface area (TPSA) is 43.8 Å². The minimum atomic E-state index is 0.708. The lowest BCUT2D eigenvalue weighted by atomic mass is 10.1. The van der Waals surface area contributed by atoms with Gasteiger partial charge >= 0.3 is 0 Å². The Morgan fingerprint density at radius 2 is 2.00 bits per heavy atom. The molecule has 1 aromatic heterocycles. The number of anilines is 1. The lowest BCUT2D eigenvalue weighted by molar-refractivity contribution is 0.724. The number of nitrogens with zero attached hydrogens (tertiary/aromatic N) is 2. The standard InChI is InChI=1S/C16H21N3/c1-4-6-14-18-15(16(17)19(14)11-5-2)13-9-7-12(3)8-10-13/h5,7-10H,2,4,6,11,17H2,1,3H3. The number of imidazole rings is 1. The molecule has 0 amide bonds. The van der Waals surface area contributed by atoms with Crippen molar-refractivity contribution in [1.29, 1.82) is 0 Å². The van der Waals surface area contributed by atoms with E-state index in [1.165, 1.54) is 5.56 Å². The average Bonchev–Trinajstić information content (AvgIpc) is 2.70. The number of benzene rings is 1. The number of nitrogen functional groups attached to an aromatic ring is 1. The number of aromatic nitrogens is 2. The molecule has 0 fully saturated rings. The summed E-state index contributed by atoms with van der Waals surface area (Å²) in [6, 6.07) is 8.31. The summed E-state index contributed by atoms with van der Waals surface area (Å²) in [7, 11) is 0. The molecule has 0 spiro atoms. The van der Waals surface area contributed by atoms with Gasteiger partial charge in [0.05, 0.1) is 0 Å². The largest absolute Gasteiger partial charge is 0.383 e. The quantitative estimate of drug-likeness (QED) is 0.830. The van der Waals surface area contributed by atoms with E-state index >= 15 is 0 Å². The van der Waals surface area contributed by atoms with E-state index in [1.54, 1.807) is 0 Å². The normalized spacial score (nSPS) is 10.6. The first-order chi connectivity index (χ1) is 9.17. The summed E-state index contributed by atoms with van der Waals surface area (Å²) in [6.07, 6.45) is 3.85. The van der Waals surface area contributed by atoms with Gasteiger partial charge in [0.1, 0.15) is 17.3 Å². The molecule has 1 heterocycles. The number of rotatable bonds is 5. The molecule has 2 rings (SSSR count). The number of hydrogen-bond acceptors (Lipinski definition) is 2. The van der Waals surface area contributed by atoms with E-state index in [9.17, 15) is 0 Å². The Balaban J connectivity index is 2.48. The minimum absolute atomic E-state index is 0.708. The number of hydrogen-bond donors (Lipinski definition) is 1. The fourth-order valence-electron chi connectivity index (χ4n) is 2.18. The Bertz CT molecular complexity index is 564. The summed E-state index contributed by atoms with van der Waals surface area (Å²) in [5, 5.41) is 0. The monoisotopic (exact) mass is 255 g/mol. The maximum atomic E-state index is 6.24. The Hall–Kier alpha value is -2.03. The van der Waals surface area contributed by atoms with Crippen LogP contribution < -0.4 is 5.73 Å². The van der Waals surface area contributed by atoms with Crippen LogP contribution in [0, 0.1) is 6.92 Å². The van der Waals surface area contributed by atoms with Gasteiger partial charge in [0, 0.05) is 18.5 Å². The van der Waals surface area contributed by atoms with Gasteiger partial charge in [0.2, 0.25) is 0 Å². The predicted octanol–water partition coefficient (Wildman–Crippen LogP) is 3.58. The fraction of sp³-hybridized carbons (Fsp3) is 0.312. The van der Waals surface area contributed by atoms with E-state index in [-0.39, 0.29) is 0 Å². The van der Waals surface area contributed by atoms with Gasteiger partial charge in [-0.15, -0.1) is 6.58 Å². The summed E-state index contributed by atoms with van der Waals surface area (Å²) in [5.41, 5.74) is 9.43. The van der Waals surface area contributed by atoms with Crippen LogP contribution in [-0.4, -0.2) is 9.55 Å². The lowest BCUT2D eigenvalue weighted by Crippen LogP contribution is -2.05. The van der Waals surface area contributed by atoms with Crippen molar-refractivity contribution >= 4 is 5.82 Å². The highest BCUT2D eigenvalue weighted by molar-refractivity contribution is 5.71. The van der Waals surface area contributed by atoms with Crippen LogP contribution in [0.4, 0.5) is 5.82 Å². The van der Waals surface area contributed by atoms with Crippen molar-refractivity contribution in [3.05, 3.63) is 48.3 Å². The third-order valence-corrected chi connectivity index (χ3v) is 3.20. The molecule has 3 nitrogen and oxygen atoms in total. The number of nitrogens with two attached hydrogens (primary N) is 1. The van der Waals surface area contributed by atoms with Crippen molar-refractivity contribution in [1.82, 2.24) is 9.55 Å². The van der Waals surface area contributed by atoms with Crippen LogP contribution in [-0.2, 0) is 13.0 Å². The molecule has 2 N–H and O–H groups in total. The van der Waals surface area contributed by atoms with E-state index in [0.717, 1.165) is 35.7 Å². The highest BCUT2D eigenvalue weighted by atomic mass is 15.1. The van der Waals surface area contributed by atoms with Crippen LogP contribution in [0.5, 0.6) is 0 Å². The molecule has 1 aromatic carbocycles. The second kappa shape index (κ2) is 5.74. The molecule has 0 radical (unpaired) electrons. The van der Waals surface area contributed by atoms with Gasteiger partial charge in [-0.05, 0) is 13.3 Å². The molecule has 0 atom stereocenters. The van der Waals surface area contributed by atoms with E-state index < -0.39 is 0 Å². The third kappa shape index (κ3) is 2.70. The van der Waals surface area contributed by atoms with Gasteiger partial charge in [-0.1, -0.05) is 42.8 Å². The summed E-state index contributed by atoms with van der Waals surface area (Å²) in [6.45, 7) is 8.72. The van der Waals surface area contributed by atoms with Crippen molar-refractivity contribution in [2.24, 2.45) is 0 Å². The molecule has 3 heteroatoms. The zero-order valence-corrected chi connectivity index (χ0v) is 11.7. The van der Waals surface area contributed by atoms with Crippen molar-refractivity contribution in [2.75, 3.05) is 5.73 Å². The Morgan fingerprint density at radius 3 is 2.58 bits per heavy atom. The average molecular weight is 255 g/mol. The summed E-state index contributed by atoms with van der Waals surface area (Å²) >= 11 is 0. The van der Waals surface area contributed by atoms with Crippen LogP contribution in [0.3, 0.4) is 0 Å². The summed E-state index contributed by atoms with van der Waals surface area (Å²) in [4.78, 5) is 4.71. The first-order valence-corrected chi connectivity index (χ1v) is 6.70. The van der Waals surface area contributed by atoms with E-state index in [4.69, 9.17) is 10.7 Å². The second-order valence-corrected chi connectivity index (χ2v) is 4.78. The Kier molecular flexibility index (Phi) is 4.05. The first-order valence-electron chi connectivity index (χ1n) is 6.70. The van der Waals surface area contributed by atoms with Gasteiger partial charge in [-0.2, -0.15) is 0 Å².